The molecule has 3 aromatic rings. The smallest absolute Gasteiger partial charge is 0.413 e. The number of anilines is 1. The number of methoxy groups -OCH3 is 1. The average Bonchev–Trinajstić information content (AvgIpc) is 3.15. The number of hydrogen-bond acceptors (Lipinski definition) is 6. The van der Waals surface area contributed by atoms with Crippen molar-refractivity contribution in [2.45, 2.75) is 26.1 Å². The average molecular weight is 410 g/mol. The third-order valence-electron chi connectivity index (χ3n) is 4.78. The molecule has 1 aromatic heterocycles. The second-order valence-electron chi connectivity index (χ2n) is 6.88. The summed E-state index contributed by atoms with van der Waals surface area (Å²) >= 11 is 1.52. The zero-order valence-corrected chi connectivity index (χ0v) is 17.1. The zero-order chi connectivity index (χ0) is 20.1. The molecule has 0 atom stereocenters. The van der Waals surface area contributed by atoms with Crippen LogP contribution in [0.1, 0.15) is 21.7 Å². The molecule has 0 unspecified atom stereocenters. The number of fused-ring (bicyclic) bond motifs is 1. The lowest BCUT2D eigenvalue weighted by Gasteiger charge is -2.25. The maximum Gasteiger partial charge on any atom is 0.413 e. The molecule has 0 spiro atoms. The normalized spacial score (nSPS) is 13.6. The molecular formula is C22H23N3O3S. The van der Waals surface area contributed by atoms with Gasteiger partial charge in [0.1, 0.15) is 12.4 Å². The maximum atomic E-state index is 11.4. The van der Waals surface area contributed by atoms with Crippen molar-refractivity contribution in [3.05, 3.63) is 76.3 Å². The molecule has 2 heterocycles. The van der Waals surface area contributed by atoms with Crippen LogP contribution in [0.2, 0.25) is 0 Å². The SMILES string of the molecule is COC(=O)Nc1nc2c(s1)CN(Cc1ccc(OCc3ccccc3)cc1)CC2. The Balaban J connectivity index is 1.31. The highest BCUT2D eigenvalue weighted by molar-refractivity contribution is 7.15. The number of amides is 1. The minimum absolute atomic E-state index is 0.484. The Morgan fingerprint density at radius 3 is 2.69 bits per heavy atom. The van der Waals surface area contributed by atoms with Crippen LogP contribution < -0.4 is 10.1 Å². The van der Waals surface area contributed by atoms with Gasteiger partial charge in [-0.05, 0) is 23.3 Å². The second kappa shape index (κ2) is 9.07. The van der Waals surface area contributed by atoms with Crippen molar-refractivity contribution >= 4 is 22.6 Å². The first-order valence-corrected chi connectivity index (χ1v) is 10.3. The van der Waals surface area contributed by atoms with Gasteiger partial charge < -0.3 is 9.47 Å². The molecule has 7 heteroatoms. The van der Waals surface area contributed by atoms with Gasteiger partial charge in [0, 0.05) is 30.9 Å². The molecular weight excluding hydrogens is 386 g/mol. The topological polar surface area (TPSA) is 63.7 Å². The summed E-state index contributed by atoms with van der Waals surface area (Å²) in [7, 11) is 1.35. The van der Waals surface area contributed by atoms with E-state index in [9.17, 15) is 4.79 Å². The van der Waals surface area contributed by atoms with E-state index in [-0.39, 0.29) is 0 Å². The Bertz CT molecular complexity index is 957. The number of hydrogen-bond donors (Lipinski definition) is 1. The molecule has 4 rings (SSSR count). The monoisotopic (exact) mass is 409 g/mol. The van der Waals surface area contributed by atoms with Crippen LogP contribution in [0, 0.1) is 0 Å². The number of nitrogens with one attached hydrogen (secondary N) is 1. The van der Waals surface area contributed by atoms with E-state index in [2.05, 4.69) is 44.2 Å². The molecule has 2 aromatic carbocycles. The van der Waals surface area contributed by atoms with Gasteiger partial charge in [0.15, 0.2) is 5.13 Å². The van der Waals surface area contributed by atoms with E-state index in [4.69, 9.17) is 4.74 Å². The Labute approximate surface area is 174 Å². The third-order valence-corrected chi connectivity index (χ3v) is 5.78. The van der Waals surface area contributed by atoms with Crippen molar-refractivity contribution in [2.24, 2.45) is 0 Å². The van der Waals surface area contributed by atoms with E-state index in [0.717, 1.165) is 43.1 Å². The van der Waals surface area contributed by atoms with E-state index in [0.29, 0.717) is 11.7 Å². The molecule has 0 bridgehead atoms. The number of thiazole rings is 1. The molecule has 1 aliphatic rings. The van der Waals surface area contributed by atoms with Gasteiger partial charge in [-0.1, -0.05) is 53.8 Å². The van der Waals surface area contributed by atoms with Crippen LogP contribution in [0.5, 0.6) is 5.75 Å². The highest BCUT2D eigenvalue weighted by atomic mass is 32.1. The fourth-order valence-electron chi connectivity index (χ4n) is 3.27. The van der Waals surface area contributed by atoms with Crippen molar-refractivity contribution in [1.29, 1.82) is 0 Å². The lowest BCUT2D eigenvalue weighted by Crippen LogP contribution is -2.29. The number of aromatic nitrogens is 1. The van der Waals surface area contributed by atoms with Crippen LogP contribution in [-0.2, 0) is 30.9 Å². The summed E-state index contributed by atoms with van der Waals surface area (Å²) in [6, 6.07) is 18.4. The number of benzene rings is 2. The van der Waals surface area contributed by atoms with Gasteiger partial charge >= 0.3 is 6.09 Å². The molecule has 150 valence electrons. The van der Waals surface area contributed by atoms with Gasteiger partial charge in [-0.3, -0.25) is 10.2 Å². The summed E-state index contributed by atoms with van der Waals surface area (Å²) in [5, 5.41) is 3.26. The minimum Gasteiger partial charge on any atom is -0.489 e. The van der Waals surface area contributed by atoms with Crippen LogP contribution in [0.15, 0.2) is 54.6 Å². The predicted octanol–water partition coefficient (Wildman–Crippen LogP) is 4.46. The van der Waals surface area contributed by atoms with Crippen molar-refractivity contribution in [3.8, 4) is 5.75 Å². The summed E-state index contributed by atoms with van der Waals surface area (Å²) in [5.74, 6) is 0.875. The first-order valence-electron chi connectivity index (χ1n) is 9.51. The fourth-order valence-corrected chi connectivity index (χ4v) is 4.30. The van der Waals surface area contributed by atoms with Gasteiger partial charge in [-0.15, -0.1) is 0 Å². The lowest BCUT2D eigenvalue weighted by atomic mass is 10.1. The van der Waals surface area contributed by atoms with Crippen LogP contribution in [0.4, 0.5) is 9.93 Å². The molecule has 0 saturated heterocycles. The molecule has 0 aliphatic carbocycles. The maximum absolute atomic E-state index is 11.4. The Hall–Kier alpha value is -2.90. The molecule has 1 amide bonds. The molecule has 1 N–H and O–H groups in total. The summed E-state index contributed by atoms with van der Waals surface area (Å²) in [5.41, 5.74) is 3.48. The summed E-state index contributed by atoms with van der Waals surface area (Å²) < 4.78 is 10.5. The lowest BCUT2D eigenvalue weighted by molar-refractivity contribution is 0.187. The molecule has 0 fully saturated rings. The number of nitrogens with zero attached hydrogens (tertiary/aromatic N) is 2. The van der Waals surface area contributed by atoms with Crippen molar-refractivity contribution in [1.82, 2.24) is 9.88 Å². The van der Waals surface area contributed by atoms with Crippen LogP contribution in [0.3, 0.4) is 0 Å². The summed E-state index contributed by atoms with van der Waals surface area (Å²) in [6.07, 6.45) is 0.398. The second-order valence-corrected chi connectivity index (χ2v) is 7.97. The van der Waals surface area contributed by atoms with Crippen molar-refractivity contribution in [3.63, 3.8) is 0 Å². The predicted molar refractivity (Wildman–Crippen MR) is 113 cm³/mol. The third kappa shape index (κ3) is 5.13. The molecule has 29 heavy (non-hydrogen) atoms. The fraction of sp³-hybridized carbons (Fsp3) is 0.273. The van der Waals surface area contributed by atoms with Crippen molar-refractivity contribution < 1.29 is 14.3 Å². The van der Waals surface area contributed by atoms with Crippen LogP contribution >= 0.6 is 11.3 Å². The number of carbonyl (C=O) groups excluding carboxylic acids is 1. The Kier molecular flexibility index (Phi) is 6.07. The summed E-state index contributed by atoms with van der Waals surface area (Å²) in [6.45, 7) is 3.22. The van der Waals surface area contributed by atoms with Gasteiger partial charge in [0.25, 0.3) is 0 Å². The zero-order valence-electron chi connectivity index (χ0n) is 16.3. The molecule has 0 saturated carbocycles. The summed E-state index contributed by atoms with van der Waals surface area (Å²) in [4.78, 5) is 19.5. The minimum atomic E-state index is -0.484. The quantitative estimate of drug-likeness (QED) is 0.651. The number of ether oxygens (including phenoxy) is 2. The Morgan fingerprint density at radius 2 is 1.93 bits per heavy atom. The van der Waals surface area contributed by atoms with Gasteiger partial charge in [-0.2, -0.15) is 0 Å². The van der Waals surface area contributed by atoms with Gasteiger partial charge in [0.05, 0.1) is 12.8 Å². The molecule has 1 aliphatic heterocycles. The van der Waals surface area contributed by atoms with E-state index in [1.807, 2.05) is 30.3 Å². The van der Waals surface area contributed by atoms with Gasteiger partial charge in [0.2, 0.25) is 0 Å². The first-order chi connectivity index (χ1) is 14.2. The number of rotatable bonds is 6. The Morgan fingerprint density at radius 1 is 1.14 bits per heavy atom. The van der Waals surface area contributed by atoms with E-state index < -0.39 is 6.09 Å². The molecule has 0 radical (unpaired) electrons. The molecule has 6 nitrogen and oxygen atoms in total. The number of carbonyl (C=O) groups is 1. The van der Waals surface area contributed by atoms with E-state index in [1.54, 1.807) is 0 Å². The van der Waals surface area contributed by atoms with Crippen molar-refractivity contribution in [2.75, 3.05) is 19.0 Å². The largest absolute Gasteiger partial charge is 0.489 e. The first kappa shape index (κ1) is 19.4. The highest BCUT2D eigenvalue weighted by Gasteiger charge is 2.21. The standard InChI is InChI=1S/C22H23N3O3S/c1-27-22(26)24-21-23-19-11-12-25(14-20(19)29-21)13-16-7-9-18(10-8-16)28-15-17-5-3-2-4-6-17/h2-10H,11-15H2,1H3,(H,23,24,26). The van der Waals surface area contributed by atoms with Crippen LogP contribution in [-0.4, -0.2) is 29.6 Å². The van der Waals surface area contributed by atoms with Crippen LogP contribution in [0.25, 0.3) is 0 Å². The van der Waals surface area contributed by atoms with E-state index in [1.165, 1.54) is 28.9 Å². The van der Waals surface area contributed by atoms with Gasteiger partial charge in [-0.25, -0.2) is 9.78 Å². The highest BCUT2D eigenvalue weighted by Crippen LogP contribution is 2.29. The van der Waals surface area contributed by atoms with E-state index >= 15 is 0 Å².